The van der Waals surface area contributed by atoms with E-state index in [1.165, 1.54) is 6.92 Å². The van der Waals surface area contributed by atoms with Gasteiger partial charge in [-0.3, -0.25) is 9.69 Å². The van der Waals surface area contributed by atoms with E-state index in [4.69, 9.17) is 4.74 Å². The molecule has 1 saturated heterocycles. The standard InChI is InChI=1S/C12H11BrF2N2O3/c1-6(18)16-4-8-5-17(12(19)20-8)7-2-9(14)11(13)10(15)3-7/h2-3,8H,4-5H2,1H3,(H,16,18)/t8-/m0/s1. The van der Waals surface area contributed by atoms with Crippen molar-refractivity contribution in [1.29, 1.82) is 0 Å². The maximum absolute atomic E-state index is 13.4. The smallest absolute Gasteiger partial charge is 0.414 e. The fraction of sp³-hybridized carbons (Fsp3) is 0.333. The monoisotopic (exact) mass is 348 g/mol. The first-order valence-corrected chi connectivity index (χ1v) is 6.55. The van der Waals surface area contributed by atoms with Gasteiger partial charge in [-0.1, -0.05) is 0 Å². The highest BCUT2D eigenvalue weighted by atomic mass is 79.9. The van der Waals surface area contributed by atoms with Crippen LogP contribution in [0.2, 0.25) is 0 Å². The predicted molar refractivity (Wildman–Crippen MR) is 70.4 cm³/mol. The number of rotatable bonds is 3. The molecule has 20 heavy (non-hydrogen) atoms. The minimum Gasteiger partial charge on any atom is -0.442 e. The third-order valence-corrected chi connectivity index (χ3v) is 3.49. The molecule has 0 aliphatic carbocycles. The summed E-state index contributed by atoms with van der Waals surface area (Å²) < 4.78 is 31.6. The molecule has 1 aliphatic heterocycles. The minimum atomic E-state index is -0.807. The molecular weight excluding hydrogens is 338 g/mol. The van der Waals surface area contributed by atoms with Crippen molar-refractivity contribution in [2.45, 2.75) is 13.0 Å². The minimum absolute atomic E-state index is 0.0681. The van der Waals surface area contributed by atoms with Crippen molar-refractivity contribution in [2.75, 3.05) is 18.0 Å². The van der Waals surface area contributed by atoms with E-state index >= 15 is 0 Å². The highest BCUT2D eigenvalue weighted by Crippen LogP contribution is 2.28. The van der Waals surface area contributed by atoms with Gasteiger partial charge in [-0.05, 0) is 28.1 Å². The van der Waals surface area contributed by atoms with E-state index in [0.29, 0.717) is 0 Å². The number of carbonyl (C=O) groups excluding carboxylic acids is 2. The van der Waals surface area contributed by atoms with Gasteiger partial charge in [0.1, 0.15) is 17.7 Å². The van der Waals surface area contributed by atoms with Crippen LogP contribution in [0.15, 0.2) is 16.6 Å². The molecule has 1 fully saturated rings. The first kappa shape index (κ1) is 14.7. The maximum Gasteiger partial charge on any atom is 0.414 e. The molecule has 2 amide bonds. The van der Waals surface area contributed by atoms with Crippen LogP contribution in [-0.4, -0.2) is 31.2 Å². The lowest BCUT2D eigenvalue weighted by molar-refractivity contribution is -0.119. The number of hydrogen-bond acceptors (Lipinski definition) is 3. The number of carbonyl (C=O) groups is 2. The Morgan fingerprint density at radius 1 is 1.50 bits per heavy atom. The molecule has 108 valence electrons. The number of halogens is 3. The Kier molecular flexibility index (Phi) is 4.22. The van der Waals surface area contributed by atoms with Crippen LogP contribution in [0.4, 0.5) is 19.3 Å². The first-order valence-electron chi connectivity index (χ1n) is 5.75. The molecule has 0 spiro atoms. The molecule has 0 radical (unpaired) electrons. The molecule has 1 aromatic carbocycles. The molecule has 0 aromatic heterocycles. The summed E-state index contributed by atoms with van der Waals surface area (Å²) in [6.07, 6.45) is -1.26. The van der Waals surface area contributed by atoms with Gasteiger partial charge in [0, 0.05) is 6.92 Å². The maximum atomic E-state index is 13.4. The van der Waals surface area contributed by atoms with Crippen LogP contribution >= 0.6 is 15.9 Å². The Hall–Kier alpha value is -1.70. The molecule has 5 nitrogen and oxygen atoms in total. The quantitative estimate of drug-likeness (QED) is 0.852. The molecule has 0 saturated carbocycles. The third kappa shape index (κ3) is 3.06. The molecule has 0 unspecified atom stereocenters. The average Bonchev–Trinajstić information content (AvgIpc) is 2.74. The van der Waals surface area contributed by atoms with E-state index in [1.807, 2.05) is 0 Å². The lowest BCUT2D eigenvalue weighted by Crippen LogP contribution is -2.33. The summed E-state index contributed by atoms with van der Waals surface area (Å²) in [5.74, 6) is -1.86. The summed E-state index contributed by atoms with van der Waals surface area (Å²) in [5, 5.41) is 2.51. The lowest BCUT2D eigenvalue weighted by Gasteiger charge is -2.14. The second-order valence-corrected chi connectivity index (χ2v) is 5.07. The number of amides is 2. The van der Waals surface area contributed by atoms with Crippen molar-refractivity contribution in [3.63, 3.8) is 0 Å². The van der Waals surface area contributed by atoms with Gasteiger partial charge in [0.2, 0.25) is 5.91 Å². The third-order valence-electron chi connectivity index (χ3n) is 2.73. The van der Waals surface area contributed by atoms with E-state index in [9.17, 15) is 18.4 Å². The van der Waals surface area contributed by atoms with Crippen molar-refractivity contribution in [2.24, 2.45) is 0 Å². The topological polar surface area (TPSA) is 58.6 Å². The number of nitrogens with zero attached hydrogens (tertiary/aromatic N) is 1. The fourth-order valence-corrected chi connectivity index (χ4v) is 2.02. The van der Waals surface area contributed by atoms with Crippen molar-refractivity contribution in [3.05, 3.63) is 28.2 Å². The van der Waals surface area contributed by atoms with Crippen LogP contribution in [0.5, 0.6) is 0 Å². The molecule has 8 heteroatoms. The normalized spacial score (nSPS) is 18.1. The van der Waals surface area contributed by atoms with Gasteiger partial charge in [0.25, 0.3) is 0 Å². The summed E-state index contributed by atoms with van der Waals surface area (Å²) in [7, 11) is 0. The number of anilines is 1. The number of ether oxygens (including phenoxy) is 1. The highest BCUT2D eigenvalue weighted by Gasteiger charge is 2.33. The Bertz CT molecular complexity index is 545. The molecule has 1 aliphatic rings. The zero-order chi connectivity index (χ0) is 14.9. The van der Waals surface area contributed by atoms with E-state index in [-0.39, 0.29) is 29.2 Å². The molecule has 0 bridgehead atoms. The van der Waals surface area contributed by atoms with Gasteiger partial charge in [-0.15, -0.1) is 0 Å². The van der Waals surface area contributed by atoms with Crippen LogP contribution in [0.25, 0.3) is 0 Å². The van der Waals surface area contributed by atoms with Gasteiger partial charge in [-0.2, -0.15) is 0 Å². The van der Waals surface area contributed by atoms with Crippen molar-refractivity contribution < 1.29 is 23.1 Å². The summed E-state index contributed by atoms with van der Waals surface area (Å²) in [6, 6.07) is 2.07. The summed E-state index contributed by atoms with van der Waals surface area (Å²) in [6.45, 7) is 1.60. The molecule has 1 heterocycles. The van der Waals surface area contributed by atoms with E-state index in [2.05, 4.69) is 21.2 Å². The van der Waals surface area contributed by atoms with Gasteiger partial charge in [-0.25, -0.2) is 13.6 Å². The van der Waals surface area contributed by atoms with E-state index < -0.39 is 23.8 Å². The SMILES string of the molecule is CC(=O)NC[C@H]1CN(c2cc(F)c(Br)c(F)c2)C(=O)O1. The summed E-state index contributed by atoms with van der Waals surface area (Å²) >= 11 is 2.76. The fourth-order valence-electron chi connectivity index (χ4n) is 1.79. The second kappa shape index (κ2) is 5.74. The summed E-state index contributed by atoms with van der Waals surface area (Å²) in [5.41, 5.74) is 0.0681. The van der Waals surface area contributed by atoms with Gasteiger partial charge in [0.15, 0.2) is 0 Å². The Morgan fingerprint density at radius 3 is 2.65 bits per heavy atom. The van der Waals surface area contributed by atoms with Gasteiger partial charge >= 0.3 is 6.09 Å². The summed E-state index contributed by atoms with van der Waals surface area (Å²) in [4.78, 5) is 23.6. The number of nitrogens with one attached hydrogen (secondary N) is 1. The lowest BCUT2D eigenvalue weighted by atomic mass is 10.2. The van der Waals surface area contributed by atoms with Crippen LogP contribution in [0.1, 0.15) is 6.92 Å². The van der Waals surface area contributed by atoms with Crippen LogP contribution in [-0.2, 0) is 9.53 Å². The van der Waals surface area contributed by atoms with Crippen molar-refractivity contribution in [3.8, 4) is 0 Å². The average molecular weight is 349 g/mol. The Balaban J connectivity index is 2.14. The first-order chi connectivity index (χ1) is 9.38. The second-order valence-electron chi connectivity index (χ2n) is 4.28. The Labute approximate surface area is 122 Å². The molecular formula is C12H11BrF2N2O3. The van der Waals surface area contributed by atoms with Gasteiger partial charge < -0.3 is 10.1 Å². The Morgan fingerprint density at radius 2 is 2.10 bits per heavy atom. The van der Waals surface area contributed by atoms with Crippen molar-refractivity contribution in [1.82, 2.24) is 5.32 Å². The highest BCUT2D eigenvalue weighted by molar-refractivity contribution is 9.10. The van der Waals surface area contributed by atoms with Crippen LogP contribution in [0, 0.1) is 11.6 Å². The number of benzene rings is 1. The van der Waals surface area contributed by atoms with Crippen LogP contribution in [0.3, 0.4) is 0 Å². The van der Waals surface area contributed by atoms with E-state index in [0.717, 1.165) is 17.0 Å². The zero-order valence-electron chi connectivity index (χ0n) is 10.5. The molecule has 1 N–H and O–H groups in total. The van der Waals surface area contributed by atoms with Crippen molar-refractivity contribution >= 4 is 33.6 Å². The van der Waals surface area contributed by atoms with Gasteiger partial charge in [0.05, 0.1) is 23.2 Å². The largest absolute Gasteiger partial charge is 0.442 e. The number of hydrogen-bond donors (Lipinski definition) is 1. The molecule has 1 aromatic rings. The zero-order valence-corrected chi connectivity index (χ0v) is 12.0. The van der Waals surface area contributed by atoms with E-state index in [1.54, 1.807) is 0 Å². The number of cyclic esters (lactones) is 1. The predicted octanol–water partition coefficient (Wildman–Crippen LogP) is 2.19. The van der Waals surface area contributed by atoms with Crippen LogP contribution < -0.4 is 10.2 Å². The molecule has 1 atom stereocenters. The molecule has 2 rings (SSSR count).